The second-order valence-electron chi connectivity index (χ2n) is 4.69. The lowest BCUT2D eigenvalue weighted by Gasteiger charge is -2.10. The molecular formula is C16H13BN2O2. The molecule has 0 fully saturated rings. The molecule has 3 aromatic rings. The van der Waals surface area contributed by atoms with Crippen molar-refractivity contribution in [3.8, 4) is 22.3 Å². The molecular weight excluding hydrogens is 263 g/mol. The van der Waals surface area contributed by atoms with Gasteiger partial charge >= 0.3 is 7.12 Å². The van der Waals surface area contributed by atoms with E-state index in [1.54, 1.807) is 36.9 Å². The minimum Gasteiger partial charge on any atom is -0.423 e. The molecule has 0 aliphatic heterocycles. The summed E-state index contributed by atoms with van der Waals surface area (Å²) >= 11 is 0. The van der Waals surface area contributed by atoms with Gasteiger partial charge in [-0.05, 0) is 58.0 Å². The third-order valence-corrected chi connectivity index (χ3v) is 3.28. The molecule has 0 aliphatic carbocycles. The van der Waals surface area contributed by atoms with Crippen LogP contribution in [0.4, 0.5) is 0 Å². The fraction of sp³-hybridized carbons (Fsp3) is 0. The summed E-state index contributed by atoms with van der Waals surface area (Å²) in [6.07, 6.45) is 6.85. The molecule has 2 aromatic heterocycles. The Morgan fingerprint density at radius 1 is 0.619 bits per heavy atom. The van der Waals surface area contributed by atoms with E-state index in [-0.39, 0.29) is 0 Å². The largest absolute Gasteiger partial charge is 0.488 e. The van der Waals surface area contributed by atoms with Crippen molar-refractivity contribution in [1.29, 1.82) is 0 Å². The number of hydrogen-bond donors (Lipinski definition) is 2. The zero-order valence-corrected chi connectivity index (χ0v) is 11.2. The first-order valence-corrected chi connectivity index (χ1v) is 6.56. The lowest BCUT2D eigenvalue weighted by atomic mass is 9.77. The first-order chi connectivity index (χ1) is 10.2. The zero-order valence-electron chi connectivity index (χ0n) is 11.2. The highest BCUT2D eigenvalue weighted by Crippen LogP contribution is 2.24. The summed E-state index contributed by atoms with van der Waals surface area (Å²) in [6.45, 7) is 0. The van der Waals surface area contributed by atoms with Crippen LogP contribution in [-0.2, 0) is 0 Å². The topological polar surface area (TPSA) is 66.2 Å². The van der Waals surface area contributed by atoms with Gasteiger partial charge in [0.15, 0.2) is 0 Å². The Bertz CT molecular complexity index is 676. The Morgan fingerprint density at radius 3 is 1.43 bits per heavy atom. The van der Waals surface area contributed by atoms with E-state index in [1.807, 2.05) is 30.3 Å². The summed E-state index contributed by atoms with van der Waals surface area (Å²) in [7, 11) is -1.51. The second kappa shape index (κ2) is 5.87. The van der Waals surface area contributed by atoms with Crippen molar-refractivity contribution in [1.82, 2.24) is 9.97 Å². The molecule has 0 saturated heterocycles. The average Bonchev–Trinajstić information content (AvgIpc) is 2.56. The molecule has 0 atom stereocenters. The summed E-state index contributed by atoms with van der Waals surface area (Å²) in [5.74, 6) is 0. The zero-order chi connectivity index (χ0) is 14.7. The molecule has 4 nitrogen and oxygen atoms in total. The van der Waals surface area contributed by atoms with Gasteiger partial charge in [-0.25, -0.2) is 0 Å². The van der Waals surface area contributed by atoms with Crippen LogP contribution in [0.3, 0.4) is 0 Å². The third kappa shape index (κ3) is 2.99. The predicted octanol–water partition coefficient (Wildman–Crippen LogP) is 1.49. The van der Waals surface area contributed by atoms with Gasteiger partial charge < -0.3 is 10.0 Å². The van der Waals surface area contributed by atoms with Crippen LogP contribution in [0.2, 0.25) is 0 Å². The maximum absolute atomic E-state index is 9.50. The predicted molar refractivity (Wildman–Crippen MR) is 82.7 cm³/mol. The quantitative estimate of drug-likeness (QED) is 0.711. The standard InChI is InChI=1S/C16H13BN2O2/c20-17(21)16-10-14(12-1-5-18-6-2-12)9-15(11-16)13-3-7-19-8-4-13/h1-11,20-21H. The fourth-order valence-electron chi connectivity index (χ4n) is 2.22. The normalized spacial score (nSPS) is 10.4. The molecule has 0 spiro atoms. The van der Waals surface area contributed by atoms with Gasteiger partial charge in [-0.2, -0.15) is 0 Å². The Morgan fingerprint density at radius 2 is 1.05 bits per heavy atom. The maximum atomic E-state index is 9.50. The molecule has 0 radical (unpaired) electrons. The van der Waals surface area contributed by atoms with E-state index in [9.17, 15) is 10.0 Å². The van der Waals surface area contributed by atoms with Crippen LogP contribution >= 0.6 is 0 Å². The lowest BCUT2D eigenvalue weighted by molar-refractivity contribution is 0.426. The molecule has 0 unspecified atom stereocenters. The van der Waals surface area contributed by atoms with E-state index in [1.165, 1.54) is 0 Å². The highest BCUT2D eigenvalue weighted by molar-refractivity contribution is 6.58. The second-order valence-corrected chi connectivity index (χ2v) is 4.69. The van der Waals surface area contributed by atoms with Crippen LogP contribution in [-0.4, -0.2) is 27.1 Å². The number of aromatic nitrogens is 2. The molecule has 0 aliphatic rings. The van der Waals surface area contributed by atoms with Gasteiger partial charge in [-0.1, -0.05) is 12.1 Å². The summed E-state index contributed by atoms with van der Waals surface area (Å²) < 4.78 is 0. The molecule has 21 heavy (non-hydrogen) atoms. The van der Waals surface area contributed by atoms with Gasteiger partial charge in [0.25, 0.3) is 0 Å². The Hall–Kier alpha value is -2.50. The highest BCUT2D eigenvalue weighted by Gasteiger charge is 2.14. The number of rotatable bonds is 3. The first-order valence-electron chi connectivity index (χ1n) is 6.56. The Labute approximate surface area is 122 Å². The van der Waals surface area contributed by atoms with Gasteiger partial charge in [0.05, 0.1) is 0 Å². The molecule has 0 amide bonds. The molecule has 2 N–H and O–H groups in total. The van der Waals surface area contributed by atoms with E-state index in [0.717, 1.165) is 22.3 Å². The minimum atomic E-state index is -1.51. The summed E-state index contributed by atoms with van der Waals surface area (Å²) in [5, 5.41) is 19.0. The van der Waals surface area contributed by atoms with Crippen LogP contribution in [0.15, 0.2) is 67.3 Å². The van der Waals surface area contributed by atoms with Crippen LogP contribution < -0.4 is 5.46 Å². The average molecular weight is 276 g/mol. The van der Waals surface area contributed by atoms with Gasteiger partial charge in [-0.15, -0.1) is 0 Å². The van der Waals surface area contributed by atoms with E-state index < -0.39 is 7.12 Å². The highest BCUT2D eigenvalue weighted by atomic mass is 16.4. The van der Waals surface area contributed by atoms with E-state index in [4.69, 9.17) is 0 Å². The number of benzene rings is 1. The Balaban J connectivity index is 2.16. The number of hydrogen-bond acceptors (Lipinski definition) is 4. The van der Waals surface area contributed by atoms with Crippen LogP contribution in [0.25, 0.3) is 22.3 Å². The summed E-state index contributed by atoms with van der Waals surface area (Å²) in [5.41, 5.74) is 4.23. The molecule has 3 rings (SSSR count). The van der Waals surface area contributed by atoms with Crippen LogP contribution in [0.5, 0.6) is 0 Å². The third-order valence-electron chi connectivity index (χ3n) is 3.28. The van der Waals surface area contributed by atoms with Gasteiger partial charge in [-0.3, -0.25) is 9.97 Å². The monoisotopic (exact) mass is 276 g/mol. The Kier molecular flexibility index (Phi) is 3.77. The van der Waals surface area contributed by atoms with Crippen LogP contribution in [0, 0.1) is 0 Å². The van der Waals surface area contributed by atoms with Crippen molar-refractivity contribution in [2.75, 3.05) is 0 Å². The molecule has 1 aromatic carbocycles. The van der Waals surface area contributed by atoms with E-state index in [2.05, 4.69) is 9.97 Å². The molecule has 0 bridgehead atoms. The molecule has 102 valence electrons. The smallest absolute Gasteiger partial charge is 0.423 e. The van der Waals surface area contributed by atoms with E-state index >= 15 is 0 Å². The minimum absolute atomic E-state index is 0.455. The van der Waals surface area contributed by atoms with E-state index in [0.29, 0.717) is 5.46 Å². The summed E-state index contributed by atoms with van der Waals surface area (Å²) in [6, 6.07) is 13.1. The van der Waals surface area contributed by atoms with Gasteiger partial charge in [0.2, 0.25) is 0 Å². The van der Waals surface area contributed by atoms with Gasteiger partial charge in [0, 0.05) is 24.8 Å². The lowest BCUT2D eigenvalue weighted by Crippen LogP contribution is -2.29. The van der Waals surface area contributed by atoms with Crippen LogP contribution in [0.1, 0.15) is 0 Å². The summed E-state index contributed by atoms with van der Waals surface area (Å²) in [4.78, 5) is 8.00. The molecule has 5 heteroatoms. The maximum Gasteiger partial charge on any atom is 0.488 e. The molecule has 0 saturated carbocycles. The van der Waals surface area contributed by atoms with Crippen molar-refractivity contribution >= 4 is 12.6 Å². The van der Waals surface area contributed by atoms with Crippen molar-refractivity contribution in [3.63, 3.8) is 0 Å². The number of pyridine rings is 2. The first kappa shape index (κ1) is 13.5. The SMILES string of the molecule is OB(O)c1cc(-c2ccncc2)cc(-c2ccncc2)c1. The molecule has 2 heterocycles. The van der Waals surface area contributed by atoms with Crippen molar-refractivity contribution in [2.45, 2.75) is 0 Å². The van der Waals surface area contributed by atoms with Crippen molar-refractivity contribution in [3.05, 3.63) is 67.3 Å². The number of nitrogens with zero attached hydrogens (tertiary/aromatic N) is 2. The fourth-order valence-corrected chi connectivity index (χ4v) is 2.22. The van der Waals surface area contributed by atoms with Crippen molar-refractivity contribution in [2.24, 2.45) is 0 Å². The van der Waals surface area contributed by atoms with Gasteiger partial charge in [0.1, 0.15) is 0 Å². The van der Waals surface area contributed by atoms with Crippen molar-refractivity contribution < 1.29 is 10.0 Å².